The van der Waals surface area contributed by atoms with Crippen LogP contribution in [0.25, 0.3) is 5.00 Å². The molecule has 0 spiro atoms. The summed E-state index contributed by atoms with van der Waals surface area (Å²) < 4.78 is 2.01. The summed E-state index contributed by atoms with van der Waals surface area (Å²) in [6.45, 7) is 8.17. The molecule has 0 saturated carbocycles. The number of hydrogen-bond acceptors (Lipinski definition) is 12. The lowest BCUT2D eigenvalue weighted by Crippen LogP contribution is -2.54. The van der Waals surface area contributed by atoms with Crippen LogP contribution in [0.15, 0.2) is 47.5 Å². The fourth-order valence-corrected chi connectivity index (χ4v) is 9.22. The number of rotatable bonds is 10. The summed E-state index contributed by atoms with van der Waals surface area (Å²) in [5, 5.41) is 17.7. The third-order valence-corrected chi connectivity index (χ3v) is 12.4. The van der Waals surface area contributed by atoms with Crippen LogP contribution in [-0.4, -0.2) is 109 Å². The van der Waals surface area contributed by atoms with E-state index in [1.807, 2.05) is 40.8 Å². The van der Waals surface area contributed by atoms with Gasteiger partial charge < -0.3 is 10.2 Å². The van der Waals surface area contributed by atoms with E-state index >= 15 is 0 Å². The van der Waals surface area contributed by atoms with E-state index in [-0.39, 0.29) is 48.6 Å². The molecule has 4 aliphatic rings. The van der Waals surface area contributed by atoms with Gasteiger partial charge in [-0.1, -0.05) is 29.8 Å². The van der Waals surface area contributed by atoms with Gasteiger partial charge in [0.25, 0.3) is 11.8 Å². The number of anilines is 1. The Morgan fingerprint density at radius 2 is 1.71 bits per heavy atom. The second-order valence-electron chi connectivity index (χ2n) is 14.7. The Bertz CT molecular complexity index is 2400. The lowest BCUT2D eigenvalue weighted by Gasteiger charge is -2.35. The molecule has 2 aromatic carbocycles. The molecule has 1 unspecified atom stereocenters. The van der Waals surface area contributed by atoms with Gasteiger partial charge in [-0.3, -0.25) is 54.0 Å². The lowest BCUT2D eigenvalue weighted by atomic mass is 9.99. The average molecular weight is 825 g/mol. The van der Waals surface area contributed by atoms with Gasteiger partial charge in [0.15, 0.2) is 5.82 Å². The van der Waals surface area contributed by atoms with Gasteiger partial charge in [-0.2, -0.15) is 0 Å². The maximum atomic E-state index is 13.6. The van der Waals surface area contributed by atoms with Crippen LogP contribution < -0.4 is 16.1 Å². The maximum absolute atomic E-state index is 13.6. The summed E-state index contributed by atoms with van der Waals surface area (Å²) >= 11 is 7.88. The Morgan fingerprint density at radius 1 is 0.948 bits per heavy atom. The van der Waals surface area contributed by atoms with Crippen LogP contribution in [0.4, 0.5) is 5.69 Å². The quantitative estimate of drug-likeness (QED) is 0.157. The van der Waals surface area contributed by atoms with E-state index in [1.54, 1.807) is 28.4 Å². The molecule has 2 fully saturated rings. The molecule has 8 rings (SSSR count). The minimum Gasteiger partial charge on any atom is -0.384 e. The number of hydrazine groups is 1. The lowest BCUT2D eigenvalue weighted by molar-refractivity contribution is -0.137. The summed E-state index contributed by atoms with van der Waals surface area (Å²) in [5.41, 5.74) is 7.57. The number of amides is 6. The predicted octanol–water partition coefficient (Wildman–Crippen LogP) is 3.66. The van der Waals surface area contributed by atoms with Crippen molar-refractivity contribution >= 4 is 69.8 Å². The van der Waals surface area contributed by atoms with Crippen molar-refractivity contribution in [1.29, 1.82) is 0 Å². The summed E-state index contributed by atoms with van der Waals surface area (Å²) in [7, 11) is 0. The van der Waals surface area contributed by atoms with Crippen LogP contribution in [0.3, 0.4) is 0 Å². The number of carbonyl (C=O) groups is 6. The van der Waals surface area contributed by atoms with E-state index in [0.29, 0.717) is 61.5 Å². The first-order valence-electron chi connectivity index (χ1n) is 19.2. The number of aromatic nitrogens is 3. The molecular weight excluding hydrogens is 784 g/mol. The molecule has 6 amide bonds. The van der Waals surface area contributed by atoms with E-state index in [2.05, 4.69) is 40.1 Å². The number of fused-ring (bicyclic) bond motifs is 4. The normalized spacial score (nSPS) is 19.3. The molecule has 4 aromatic rings. The SMILES string of the molecule is Cc1sc2c(c1C)C(c1ccc(Cl)cc1)=N[C@@H](CC(=O)NN1CCN(C(=O)CCCNc3cccc4c3C(=O)N(C3CCC(=O)NC3=O)C4=O)CC1)c1nnc(C)n1-2. The molecule has 3 N–H and O–H groups in total. The predicted molar refractivity (Wildman–Crippen MR) is 215 cm³/mol. The number of aliphatic imine (C=N–C) groups is 1. The molecule has 58 heavy (non-hydrogen) atoms. The zero-order valence-electron chi connectivity index (χ0n) is 32.1. The number of aryl methyl sites for hydroxylation is 2. The van der Waals surface area contributed by atoms with Crippen molar-refractivity contribution in [2.45, 2.75) is 65.0 Å². The number of thiophene rings is 1. The molecule has 0 radical (unpaired) electrons. The van der Waals surface area contributed by atoms with Gasteiger partial charge in [0.1, 0.15) is 22.9 Å². The number of carbonyl (C=O) groups excluding carboxylic acids is 6. The fourth-order valence-electron chi connectivity index (χ4n) is 7.88. The monoisotopic (exact) mass is 824 g/mol. The van der Waals surface area contributed by atoms with Gasteiger partial charge >= 0.3 is 0 Å². The highest BCUT2D eigenvalue weighted by molar-refractivity contribution is 7.15. The topological polar surface area (TPSA) is 191 Å². The number of benzene rings is 2. The van der Waals surface area contributed by atoms with E-state index < -0.39 is 35.7 Å². The average Bonchev–Trinajstić information content (AvgIpc) is 3.78. The standard InChI is InChI=1S/C40H41ClN10O6S/c1-21-22(2)58-40-33(21)35(24-9-11-25(41)12-10-24)43-28(36-46-45-23(3)50(36)40)20-31(53)47-49-18-16-48(17-19-49)32(54)8-5-15-42-27-7-4-6-26-34(27)39(57)51(38(26)56)29-13-14-30(52)44-37(29)55/h4,6-7,9-12,28-29,42H,5,8,13-20H2,1-3H3,(H,47,53)(H,44,52,55)/t28-,29?/m0/s1. The number of nitrogens with zero attached hydrogens (tertiary/aromatic N) is 7. The maximum Gasteiger partial charge on any atom is 0.264 e. The fraction of sp³-hybridized carbons (Fsp3) is 0.375. The van der Waals surface area contributed by atoms with Crippen molar-refractivity contribution < 1.29 is 28.8 Å². The highest BCUT2D eigenvalue weighted by atomic mass is 35.5. The molecule has 0 bridgehead atoms. The molecule has 300 valence electrons. The second kappa shape index (κ2) is 15.9. The molecule has 18 heteroatoms. The second-order valence-corrected chi connectivity index (χ2v) is 16.4. The van der Waals surface area contributed by atoms with Gasteiger partial charge in [-0.25, -0.2) is 5.01 Å². The molecule has 6 heterocycles. The first-order valence-corrected chi connectivity index (χ1v) is 20.4. The minimum absolute atomic E-state index is 0.0309. The summed E-state index contributed by atoms with van der Waals surface area (Å²) in [6, 6.07) is 10.7. The van der Waals surface area contributed by atoms with Crippen molar-refractivity contribution in [3.63, 3.8) is 0 Å². The highest BCUT2D eigenvalue weighted by Gasteiger charge is 2.45. The molecule has 2 aromatic heterocycles. The van der Waals surface area contributed by atoms with Gasteiger partial charge in [-0.05, 0) is 63.4 Å². The van der Waals surface area contributed by atoms with Crippen molar-refractivity contribution in [3.05, 3.63) is 91.8 Å². The largest absolute Gasteiger partial charge is 0.384 e. The first kappa shape index (κ1) is 39.1. The number of hydrogen-bond donors (Lipinski definition) is 3. The van der Waals surface area contributed by atoms with Crippen LogP contribution in [0.1, 0.15) is 92.1 Å². The van der Waals surface area contributed by atoms with Gasteiger partial charge in [0.05, 0.1) is 23.3 Å². The summed E-state index contributed by atoms with van der Waals surface area (Å²) in [5.74, 6) is -1.23. The zero-order chi connectivity index (χ0) is 40.8. The third-order valence-electron chi connectivity index (χ3n) is 11.0. The Kier molecular flexibility index (Phi) is 10.7. The van der Waals surface area contributed by atoms with Crippen LogP contribution in [0.5, 0.6) is 0 Å². The number of nitrogens with one attached hydrogen (secondary N) is 3. The van der Waals surface area contributed by atoms with Crippen molar-refractivity contribution in [2.24, 2.45) is 4.99 Å². The molecule has 2 saturated heterocycles. The van der Waals surface area contributed by atoms with E-state index in [0.717, 1.165) is 37.2 Å². The molecular formula is C40H41ClN10O6S. The number of imide groups is 2. The number of piperidine rings is 1. The van der Waals surface area contributed by atoms with Gasteiger partial charge in [0, 0.05) is 72.3 Å². The van der Waals surface area contributed by atoms with Gasteiger partial charge in [-0.15, -0.1) is 21.5 Å². The Morgan fingerprint density at radius 3 is 2.45 bits per heavy atom. The van der Waals surface area contributed by atoms with Crippen LogP contribution in [0, 0.1) is 20.8 Å². The van der Waals surface area contributed by atoms with Crippen LogP contribution in [-0.2, 0) is 19.2 Å². The Balaban J connectivity index is 0.849. The molecule has 4 aliphatic heterocycles. The van der Waals surface area contributed by atoms with Crippen LogP contribution >= 0.6 is 22.9 Å². The Hall–Kier alpha value is -5.78. The number of halogens is 1. The summed E-state index contributed by atoms with van der Waals surface area (Å²) in [4.78, 5) is 86.4. The molecule has 16 nitrogen and oxygen atoms in total. The van der Waals surface area contributed by atoms with E-state index in [4.69, 9.17) is 16.6 Å². The van der Waals surface area contributed by atoms with E-state index in [1.165, 1.54) is 6.07 Å². The van der Waals surface area contributed by atoms with Crippen molar-refractivity contribution in [3.8, 4) is 5.00 Å². The smallest absolute Gasteiger partial charge is 0.264 e. The third kappa shape index (κ3) is 7.29. The summed E-state index contributed by atoms with van der Waals surface area (Å²) in [6.07, 6.45) is 0.869. The van der Waals surface area contributed by atoms with E-state index in [9.17, 15) is 28.8 Å². The van der Waals surface area contributed by atoms with Crippen molar-refractivity contribution in [2.75, 3.05) is 38.0 Å². The highest BCUT2D eigenvalue weighted by Crippen LogP contribution is 2.40. The minimum atomic E-state index is -1.05. The van der Waals surface area contributed by atoms with Crippen LogP contribution in [0.2, 0.25) is 5.02 Å². The number of piperazine rings is 1. The zero-order valence-corrected chi connectivity index (χ0v) is 33.7. The van der Waals surface area contributed by atoms with Gasteiger partial charge in [0.2, 0.25) is 23.6 Å². The first-order chi connectivity index (χ1) is 27.9. The molecule has 0 aliphatic carbocycles. The Labute approximate surface area is 342 Å². The molecule has 2 atom stereocenters. The van der Waals surface area contributed by atoms with Crippen molar-refractivity contribution in [1.82, 2.24) is 40.3 Å².